The SMILES string of the molecule is CC.COc1cnc(C(F)F)cc1-c1cc(N2CCN(C)C(C)(C)C2=O)ncc1C(=O)NC(N)SC(=N)C#CC1CC1.[HH]. The Morgan fingerprint density at radius 2 is 1.93 bits per heavy atom. The van der Waals surface area contributed by atoms with E-state index < -0.39 is 29.1 Å². The van der Waals surface area contributed by atoms with Gasteiger partial charge in [0, 0.05) is 37.8 Å². The standard InChI is InChI=1S/C27H31F2N7O3S.C2H6.H2/c1-27(2)25(38)36(10-9-35(27)3)22-12-16(17-11-19(23(28)29)32-14-20(17)39-4)18(13-33-22)24(37)34-26(31)40-21(30)8-7-15-5-6-15;1-2;/h11-15,23,26,30H,5-6,9-10,31H2,1-4H3,(H,34,37);1-2H3;1H. The molecule has 2 amide bonds. The van der Waals surface area contributed by atoms with Crippen LogP contribution < -0.4 is 20.7 Å². The molecule has 42 heavy (non-hydrogen) atoms. The van der Waals surface area contributed by atoms with E-state index in [0.717, 1.165) is 36.9 Å². The summed E-state index contributed by atoms with van der Waals surface area (Å²) in [7, 11) is 3.21. The molecule has 1 saturated carbocycles. The van der Waals surface area contributed by atoms with E-state index >= 15 is 0 Å². The third-order valence-corrected chi connectivity index (χ3v) is 7.61. The first-order valence-corrected chi connectivity index (χ1v) is 14.5. The Bertz CT molecular complexity index is 1400. The molecule has 1 aliphatic carbocycles. The topological polar surface area (TPSA) is 138 Å². The summed E-state index contributed by atoms with van der Waals surface area (Å²) in [5.74, 6) is 5.56. The number of thioether (sulfide) groups is 1. The van der Waals surface area contributed by atoms with Gasteiger partial charge in [-0.1, -0.05) is 31.5 Å². The van der Waals surface area contributed by atoms with E-state index in [0.29, 0.717) is 19.0 Å². The molecule has 0 bridgehead atoms. The van der Waals surface area contributed by atoms with Crippen LogP contribution in [0.5, 0.6) is 5.75 Å². The largest absolute Gasteiger partial charge is 0.494 e. The van der Waals surface area contributed by atoms with Crippen molar-refractivity contribution in [1.82, 2.24) is 20.2 Å². The van der Waals surface area contributed by atoms with Gasteiger partial charge in [0.1, 0.15) is 27.8 Å². The number of alkyl halides is 2. The quantitative estimate of drug-likeness (QED) is 0.182. The number of likely N-dealkylation sites (N-methyl/N-ethyl adjacent to an activating group) is 1. The number of hydrogen-bond donors (Lipinski definition) is 3. The fraction of sp³-hybridized carbons (Fsp3) is 0.483. The van der Waals surface area contributed by atoms with E-state index in [1.165, 1.54) is 24.3 Å². The Hall–Kier alpha value is -3.60. The highest BCUT2D eigenvalue weighted by Gasteiger charge is 2.41. The van der Waals surface area contributed by atoms with Gasteiger partial charge in [-0.2, -0.15) is 0 Å². The third kappa shape index (κ3) is 7.61. The van der Waals surface area contributed by atoms with E-state index in [-0.39, 0.29) is 40.6 Å². The predicted octanol–water partition coefficient (Wildman–Crippen LogP) is 4.51. The lowest BCUT2D eigenvalue weighted by Crippen LogP contribution is -2.62. The van der Waals surface area contributed by atoms with Crippen LogP contribution in [0.25, 0.3) is 11.1 Å². The van der Waals surface area contributed by atoms with E-state index in [9.17, 15) is 18.4 Å². The fourth-order valence-corrected chi connectivity index (χ4v) is 4.62. The zero-order chi connectivity index (χ0) is 31.2. The second-order valence-corrected chi connectivity index (χ2v) is 11.2. The molecule has 1 saturated heterocycles. The molecular weight excluding hydrogens is 564 g/mol. The summed E-state index contributed by atoms with van der Waals surface area (Å²) < 4.78 is 32.6. The minimum Gasteiger partial charge on any atom is -0.494 e. The number of anilines is 1. The van der Waals surface area contributed by atoms with Crippen molar-refractivity contribution in [2.45, 2.75) is 58.0 Å². The Kier molecular flexibility index (Phi) is 11.0. The van der Waals surface area contributed by atoms with E-state index in [1.54, 1.807) is 13.8 Å². The number of rotatable bonds is 7. The second kappa shape index (κ2) is 14.0. The number of methoxy groups -OCH3 is 1. The van der Waals surface area contributed by atoms with Gasteiger partial charge in [0.2, 0.25) is 5.91 Å². The van der Waals surface area contributed by atoms with Crippen LogP contribution >= 0.6 is 11.8 Å². The minimum atomic E-state index is -2.86. The van der Waals surface area contributed by atoms with Crippen LogP contribution in [0.1, 0.15) is 64.4 Å². The van der Waals surface area contributed by atoms with Crippen molar-refractivity contribution in [3.63, 3.8) is 0 Å². The average molecular weight is 604 g/mol. The van der Waals surface area contributed by atoms with Crippen molar-refractivity contribution in [3.8, 4) is 28.7 Å². The molecule has 0 radical (unpaired) electrons. The second-order valence-electron chi connectivity index (χ2n) is 10.0. The van der Waals surface area contributed by atoms with Crippen molar-refractivity contribution in [2.24, 2.45) is 11.7 Å². The molecule has 10 nitrogen and oxygen atoms in total. The number of carbonyl (C=O) groups is 2. The van der Waals surface area contributed by atoms with Crippen LogP contribution in [0, 0.1) is 23.2 Å². The Morgan fingerprint density at radius 1 is 1.24 bits per heavy atom. The summed E-state index contributed by atoms with van der Waals surface area (Å²) in [5, 5.41) is 10.6. The van der Waals surface area contributed by atoms with Gasteiger partial charge in [0.15, 0.2) is 0 Å². The van der Waals surface area contributed by atoms with Crippen LogP contribution in [0.3, 0.4) is 0 Å². The summed E-state index contributed by atoms with van der Waals surface area (Å²) in [6, 6.07) is 2.65. The molecule has 0 spiro atoms. The molecule has 2 aromatic heterocycles. The number of amides is 2. The first-order valence-electron chi connectivity index (χ1n) is 13.6. The molecule has 0 aromatic carbocycles. The predicted molar refractivity (Wildman–Crippen MR) is 163 cm³/mol. The first-order chi connectivity index (χ1) is 19.9. The van der Waals surface area contributed by atoms with Gasteiger partial charge in [-0.25, -0.2) is 13.8 Å². The van der Waals surface area contributed by atoms with Crippen molar-refractivity contribution in [2.75, 3.05) is 32.1 Å². The van der Waals surface area contributed by atoms with Gasteiger partial charge in [-0.3, -0.25) is 29.8 Å². The minimum absolute atomic E-state index is 0. The lowest BCUT2D eigenvalue weighted by atomic mass is 9.97. The zero-order valence-electron chi connectivity index (χ0n) is 24.6. The highest BCUT2D eigenvalue weighted by Crippen LogP contribution is 2.37. The molecule has 4 N–H and O–H groups in total. The third-order valence-electron chi connectivity index (χ3n) is 6.90. The van der Waals surface area contributed by atoms with Crippen LogP contribution in [-0.4, -0.2) is 70.0 Å². The Morgan fingerprint density at radius 3 is 2.55 bits per heavy atom. The smallest absolute Gasteiger partial charge is 0.280 e. The monoisotopic (exact) mass is 603 g/mol. The van der Waals surface area contributed by atoms with Gasteiger partial charge >= 0.3 is 0 Å². The number of carbonyl (C=O) groups excluding carboxylic acids is 2. The van der Waals surface area contributed by atoms with Crippen LogP contribution in [0.15, 0.2) is 24.5 Å². The molecule has 2 aromatic rings. The number of nitrogens with one attached hydrogen (secondary N) is 2. The molecule has 2 aliphatic rings. The van der Waals surface area contributed by atoms with Crippen LogP contribution in [0.4, 0.5) is 14.6 Å². The van der Waals surface area contributed by atoms with Crippen molar-refractivity contribution < 1.29 is 24.5 Å². The van der Waals surface area contributed by atoms with Crippen molar-refractivity contribution in [1.29, 1.82) is 5.41 Å². The lowest BCUT2D eigenvalue weighted by molar-refractivity contribution is -0.130. The maximum atomic E-state index is 13.6. The number of piperazine rings is 1. The number of nitrogens with two attached hydrogens (primary N) is 1. The summed E-state index contributed by atoms with van der Waals surface area (Å²) in [5.41, 5.74) is 4.14. The molecule has 2 fully saturated rings. The molecule has 13 heteroatoms. The lowest BCUT2D eigenvalue weighted by Gasteiger charge is -2.43. The van der Waals surface area contributed by atoms with Crippen LogP contribution in [-0.2, 0) is 4.79 Å². The van der Waals surface area contributed by atoms with Crippen molar-refractivity contribution in [3.05, 3.63) is 35.8 Å². The average Bonchev–Trinajstić information content (AvgIpc) is 3.80. The number of halogens is 2. The van der Waals surface area contributed by atoms with E-state index in [4.69, 9.17) is 15.9 Å². The summed E-state index contributed by atoms with van der Waals surface area (Å²) in [6.45, 7) is 8.53. The van der Waals surface area contributed by atoms with E-state index in [1.807, 2.05) is 25.8 Å². The summed E-state index contributed by atoms with van der Waals surface area (Å²) in [6.07, 6.45) is 1.60. The van der Waals surface area contributed by atoms with Crippen molar-refractivity contribution >= 4 is 34.4 Å². The van der Waals surface area contributed by atoms with Gasteiger partial charge in [-0.05, 0) is 51.8 Å². The summed E-state index contributed by atoms with van der Waals surface area (Å²) >= 11 is 0.878. The maximum absolute atomic E-state index is 13.6. The Balaban J connectivity index is 0.00000211. The fourth-order valence-electron chi connectivity index (χ4n) is 4.08. The molecular formula is C29H39F2N7O3S. The molecule has 3 heterocycles. The molecule has 1 unspecified atom stereocenters. The Labute approximate surface area is 250 Å². The van der Waals surface area contributed by atoms with E-state index in [2.05, 4.69) is 27.1 Å². The van der Waals surface area contributed by atoms with Gasteiger partial charge in [0.25, 0.3) is 12.3 Å². The molecule has 228 valence electrons. The highest BCUT2D eigenvalue weighted by atomic mass is 32.2. The summed E-state index contributed by atoms with van der Waals surface area (Å²) in [4.78, 5) is 38.3. The number of hydrogen-bond acceptors (Lipinski definition) is 9. The maximum Gasteiger partial charge on any atom is 0.280 e. The number of aromatic nitrogens is 2. The zero-order valence-corrected chi connectivity index (χ0v) is 25.4. The number of ether oxygens (including phenoxy) is 1. The molecule has 1 aliphatic heterocycles. The van der Waals surface area contributed by atoms with Crippen LogP contribution in [0.2, 0.25) is 0 Å². The first kappa shape index (κ1) is 32.9. The number of pyridine rings is 2. The van der Waals surface area contributed by atoms with Gasteiger partial charge in [-0.15, -0.1) is 0 Å². The normalized spacial score (nSPS) is 17.0. The van der Waals surface area contributed by atoms with Gasteiger partial charge < -0.3 is 15.8 Å². The van der Waals surface area contributed by atoms with Gasteiger partial charge in [0.05, 0.1) is 24.4 Å². The number of nitrogens with zero attached hydrogens (tertiary/aromatic N) is 4. The molecule has 1 atom stereocenters. The molecule has 4 rings (SSSR count). The highest BCUT2D eigenvalue weighted by molar-refractivity contribution is 8.14.